The van der Waals surface area contributed by atoms with E-state index >= 15 is 4.39 Å². The summed E-state index contributed by atoms with van der Waals surface area (Å²) in [5.74, 6) is 0.788. The Balaban J connectivity index is 1.67. The molecule has 0 amide bonds. The van der Waals surface area contributed by atoms with Gasteiger partial charge >= 0.3 is 0 Å². The van der Waals surface area contributed by atoms with Crippen LogP contribution in [0.1, 0.15) is 6.42 Å². The van der Waals surface area contributed by atoms with Crippen LogP contribution in [0.15, 0.2) is 71.8 Å². The minimum absolute atomic E-state index is 0.0998. The van der Waals surface area contributed by atoms with Gasteiger partial charge in [0.15, 0.2) is 11.6 Å². The molecule has 0 saturated carbocycles. The van der Waals surface area contributed by atoms with Gasteiger partial charge in [0.2, 0.25) is 0 Å². The number of hydrogen-bond donors (Lipinski definition) is 2. The van der Waals surface area contributed by atoms with Crippen molar-refractivity contribution in [1.29, 1.82) is 0 Å². The molecule has 0 aliphatic rings. The SMILES string of the molecule is C=N/C=C(\C=C/CCS(=O)CCNC)CNc1ncnc(-c2ccc3ncccc3c2)c1F. The summed E-state index contributed by atoms with van der Waals surface area (Å²) in [6.45, 7) is 4.52. The molecule has 33 heavy (non-hydrogen) atoms. The zero-order chi connectivity index (χ0) is 23.5. The molecule has 0 saturated heterocycles. The number of benzene rings is 1. The number of nitrogens with one attached hydrogen (secondary N) is 2. The third-order valence-corrected chi connectivity index (χ3v) is 6.16. The number of hydrogen-bond acceptors (Lipinski definition) is 7. The number of allylic oxidation sites excluding steroid dienone is 1. The maximum Gasteiger partial charge on any atom is 0.191 e. The van der Waals surface area contributed by atoms with Crippen LogP contribution in [0.5, 0.6) is 0 Å². The standard InChI is InChI=1S/C24H27FN6OS/c1-26-11-13-33(32)12-4-3-6-18(15-27-2)16-29-24-22(25)23(30-17-31-24)20-8-9-21-19(14-20)7-5-10-28-21/h3,5-10,14-15,17,26H,2,4,11-13,16H2,1H3,(H,29,30,31)/b6-3-,18-15+. The summed E-state index contributed by atoms with van der Waals surface area (Å²) < 4.78 is 27.0. The molecule has 0 fully saturated rings. The minimum Gasteiger partial charge on any atom is -0.363 e. The molecule has 1 atom stereocenters. The van der Waals surface area contributed by atoms with Gasteiger partial charge in [-0.2, -0.15) is 0 Å². The molecule has 7 nitrogen and oxygen atoms in total. The monoisotopic (exact) mass is 466 g/mol. The quantitative estimate of drug-likeness (QED) is 0.312. The van der Waals surface area contributed by atoms with Crippen LogP contribution in [0.2, 0.25) is 0 Å². The molecule has 1 aromatic carbocycles. The fourth-order valence-corrected chi connectivity index (χ4v) is 4.15. The number of pyridine rings is 1. The van der Waals surface area contributed by atoms with Gasteiger partial charge in [-0.15, -0.1) is 0 Å². The van der Waals surface area contributed by atoms with Crippen molar-refractivity contribution in [3.8, 4) is 11.3 Å². The van der Waals surface area contributed by atoms with E-state index in [1.165, 1.54) is 6.33 Å². The van der Waals surface area contributed by atoms with Crippen LogP contribution < -0.4 is 10.6 Å². The van der Waals surface area contributed by atoms with Crippen LogP contribution in [0, 0.1) is 5.82 Å². The normalized spacial score (nSPS) is 12.8. The first-order valence-electron chi connectivity index (χ1n) is 10.5. The smallest absolute Gasteiger partial charge is 0.191 e. The average molecular weight is 467 g/mol. The predicted molar refractivity (Wildman–Crippen MR) is 134 cm³/mol. The highest BCUT2D eigenvalue weighted by molar-refractivity contribution is 7.85. The van der Waals surface area contributed by atoms with Gasteiger partial charge in [0.1, 0.15) is 12.0 Å². The third kappa shape index (κ3) is 7.10. The van der Waals surface area contributed by atoms with Crippen molar-refractivity contribution < 1.29 is 8.60 Å². The Morgan fingerprint density at radius 3 is 2.94 bits per heavy atom. The van der Waals surface area contributed by atoms with Gasteiger partial charge in [0, 0.05) is 58.7 Å². The van der Waals surface area contributed by atoms with E-state index in [2.05, 4.69) is 37.3 Å². The summed E-state index contributed by atoms with van der Waals surface area (Å²) >= 11 is 0. The van der Waals surface area contributed by atoms with E-state index in [1.807, 2.05) is 43.5 Å². The van der Waals surface area contributed by atoms with Gasteiger partial charge in [-0.1, -0.05) is 24.3 Å². The molecular formula is C24H27FN6OS. The summed E-state index contributed by atoms with van der Waals surface area (Å²) in [5, 5.41) is 6.90. The number of anilines is 1. The number of aromatic nitrogens is 3. The molecule has 2 heterocycles. The first-order chi connectivity index (χ1) is 16.1. The second-order valence-electron chi connectivity index (χ2n) is 7.18. The minimum atomic E-state index is -0.860. The van der Waals surface area contributed by atoms with E-state index < -0.39 is 16.6 Å². The van der Waals surface area contributed by atoms with E-state index in [-0.39, 0.29) is 11.5 Å². The third-order valence-electron chi connectivity index (χ3n) is 4.81. The number of nitrogens with zero attached hydrogens (tertiary/aromatic N) is 4. The number of halogens is 1. The molecule has 2 N–H and O–H groups in total. The van der Waals surface area contributed by atoms with Gasteiger partial charge in [-0.05, 0) is 44.0 Å². The lowest BCUT2D eigenvalue weighted by atomic mass is 10.1. The summed E-state index contributed by atoms with van der Waals surface area (Å²) in [6.07, 6.45) is 9.12. The van der Waals surface area contributed by atoms with Crippen LogP contribution in [-0.2, 0) is 10.8 Å². The average Bonchev–Trinajstić information content (AvgIpc) is 2.84. The lowest BCUT2D eigenvalue weighted by Crippen LogP contribution is -2.16. The Labute approximate surface area is 195 Å². The maximum atomic E-state index is 15.2. The molecule has 0 radical (unpaired) electrons. The van der Waals surface area contributed by atoms with Crippen molar-refractivity contribution >= 4 is 34.2 Å². The zero-order valence-corrected chi connectivity index (χ0v) is 19.3. The van der Waals surface area contributed by atoms with Crippen molar-refractivity contribution in [1.82, 2.24) is 20.3 Å². The van der Waals surface area contributed by atoms with Crippen molar-refractivity contribution in [2.45, 2.75) is 6.42 Å². The lowest BCUT2D eigenvalue weighted by molar-refractivity contribution is 0.622. The molecule has 0 spiro atoms. The first kappa shape index (κ1) is 24.3. The molecule has 2 aromatic heterocycles. The predicted octanol–water partition coefficient (Wildman–Crippen LogP) is 3.74. The number of aliphatic imine (C=N–C) groups is 1. The largest absolute Gasteiger partial charge is 0.363 e. The molecule has 0 aliphatic carbocycles. The number of rotatable bonds is 12. The lowest BCUT2D eigenvalue weighted by Gasteiger charge is -2.10. The molecular weight excluding hydrogens is 439 g/mol. The summed E-state index contributed by atoms with van der Waals surface area (Å²) in [5.41, 5.74) is 2.49. The maximum absolute atomic E-state index is 15.2. The zero-order valence-electron chi connectivity index (χ0n) is 18.5. The molecule has 1 unspecified atom stereocenters. The molecule has 0 aliphatic heterocycles. The Morgan fingerprint density at radius 2 is 2.12 bits per heavy atom. The molecule has 0 bridgehead atoms. The van der Waals surface area contributed by atoms with Gasteiger partial charge in [0.25, 0.3) is 0 Å². The van der Waals surface area contributed by atoms with Crippen molar-refractivity contribution in [3.63, 3.8) is 0 Å². The van der Waals surface area contributed by atoms with E-state index in [1.54, 1.807) is 18.5 Å². The Bertz CT molecular complexity index is 1180. The van der Waals surface area contributed by atoms with Gasteiger partial charge in [0.05, 0.1) is 5.52 Å². The molecule has 9 heteroatoms. The number of fused-ring (bicyclic) bond motifs is 1. The molecule has 3 rings (SSSR count). The van der Waals surface area contributed by atoms with Crippen LogP contribution in [-0.4, -0.2) is 57.5 Å². The van der Waals surface area contributed by atoms with Crippen molar-refractivity contribution in [3.05, 3.63) is 72.6 Å². The van der Waals surface area contributed by atoms with Gasteiger partial charge in [-0.3, -0.25) is 14.2 Å². The van der Waals surface area contributed by atoms with Crippen molar-refractivity contribution in [2.75, 3.05) is 37.0 Å². The van der Waals surface area contributed by atoms with Crippen molar-refractivity contribution in [2.24, 2.45) is 4.99 Å². The van der Waals surface area contributed by atoms with Gasteiger partial charge in [-0.25, -0.2) is 14.4 Å². The Hall–Kier alpha value is -3.30. The Morgan fingerprint density at radius 1 is 1.24 bits per heavy atom. The molecule has 172 valence electrons. The topological polar surface area (TPSA) is 92.2 Å². The highest BCUT2D eigenvalue weighted by atomic mass is 32.2. The van der Waals surface area contributed by atoms with Crippen LogP contribution in [0.3, 0.4) is 0 Å². The van der Waals surface area contributed by atoms with E-state index in [0.29, 0.717) is 30.0 Å². The molecule has 3 aromatic rings. The van der Waals surface area contributed by atoms with Crippen LogP contribution in [0.25, 0.3) is 22.2 Å². The second-order valence-corrected chi connectivity index (χ2v) is 8.87. The van der Waals surface area contributed by atoms with Crippen LogP contribution >= 0.6 is 0 Å². The summed E-state index contributed by atoms with van der Waals surface area (Å²) in [7, 11) is 0.980. The van der Waals surface area contributed by atoms with Crippen LogP contribution in [0.4, 0.5) is 10.2 Å². The van der Waals surface area contributed by atoms with E-state index in [0.717, 1.165) is 23.0 Å². The van der Waals surface area contributed by atoms with E-state index in [9.17, 15) is 4.21 Å². The first-order valence-corrected chi connectivity index (χ1v) is 12.0. The fraction of sp³-hybridized carbons (Fsp3) is 0.250. The van der Waals surface area contributed by atoms with E-state index in [4.69, 9.17) is 0 Å². The highest BCUT2D eigenvalue weighted by Gasteiger charge is 2.13. The highest BCUT2D eigenvalue weighted by Crippen LogP contribution is 2.26. The Kier molecular flexibility index (Phi) is 9.34. The van der Waals surface area contributed by atoms with Gasteiger partial charge < -0.3 is 10.6 Å². The second kappa shape index (κ2) is 12.7. The summed E-state index contributed by atoms with van der Waals surface area (Å²) in [4.78, 5) is 16.3. The fourth-order valence-electron chi connectivity index (χ4n) is 3.12. The summed E-state index contributed by atoms with van der Waals surface area (Å²) in [6, 6.07) is 9.25.